The Hall–Kier alpha value is -2.00. The Labute approximate surface area is 190 Å². The van der Waals surface area contributed by atoms with Gasteiger partial charge in [0.1, 0.15) is 0 Å². The summed E-state index contributed by atoms with van der Waals surface area (Å²) in [7, 11) is -3.40. The molecule has 1 atom stereocenters. The van der Waals surface area contributed by atoms with Gasteiger partial charge < -0.3 is 4.74 Å². The SMILES string of the molecule is CC(C)S(=O)(=O)c1ccc(C(=O)N(CC2CCCO2)c2nc3ccc(Cl)cc3s2)cc1. The maximum atomic E-state index is 13.4. The third-order valence-corrected chi connectivity index (χ3v) is 8.72. The van der Waals surface area contributed by atoms with Crippen molar-refractivity contribution in [3.8, 4) is 0 Å². The third-order valence-electron chi connectivity index (χ3n) is 5.28. The van der Waals surface area contributed by atoms with Gasteiger partial charge in [0.05, 0.1) is 33.0 Å². The Kier molecular flexibility index (Phi) is 6.35. The van der Waals surface area contributed by atoms with Gasteiger partial charge in [-0.25, -0.2) is 13.4 Å². The van der Waals surface area contributed by atoms with Crippen molar-refractivity contribution < 1.29 is 17.9 Å². The Morgan fingerprint density at radius 2 is 2.00 bits per heavy atom. The lowest BCUT2D eigenvalue weighted by Crippen LogP contribution is -2.37. The van der Waals surface area contributed by atoms with E-state index in [4.69, 9.17) is 16.3 Å². The van der Waals surface area contributed by atoms with Gasteiger partial charge in [0, 0.05) is 17.2 Å². The number of rotatable bonds is 6. The van der Waals surface area contributed by atoms with Crippen molar-refractivity contribution in [1.29, 1.82) is 0 Å². The summed E-state index contributed by atoms with van der Waals surface area (Å²) in [5.74, 6) is -0.242. The van der Waals surface area contributed by atoms with Gasteiger partial charge in [-0.05, 0) is 69.2 Å². The van der Waals surface area contributed by atoms with E-state index in [-0.39, 0.29) is 16.9 Å². The van der Waals surface area contributed by atoms with Crippen LogP contribution in [0.2, 0.25) is 5.02 Å². The first-order valence-corrected chi connectivity index (χ1v) is 12.8. The monoisotopic (exact) mass is 478 g/mol. The van der Waals surface area contributed by atoms with Crippen LogP contribution in [0.4, 0.5) is 5.13 Å². The van der Waals surface area contributed by atoms with Gasteiger partial charge in [-0.2, -0.15) is 0 Å². The number of carbonyl (C=O) groups excluding carboxylic acids is 1. The molecule has 1 amide bonds. The highest BCUT2D eigenvalue weighted by Crippen LogP contribution is 2.32. The Balaban J connectivity index is 1.68. The second-order valence-electron chi connectivity index (χ2n) is 7.78. The zero-order valence-corrected chi connectivity index (χ0v) is 19.6. The fraction of sp³-hybridized carbons (Fsp3) is 0.364. The minimum absolute atomic E-state index is 0.0554. The summed E-state index contributed by atoms with van der Waals surface area (Å²) in [6.07, 6.45) is 1.79. The number of benzene rings is 2. The van der Waals surface area contributed by atoms with Gasteiger partial charge in [-0.15, -0.1) is 0 Å². The van der Waals surface area contributed by atoms with Crippen molar-refractivity contribution in [2.45, 2.75) is 42.9 Å². The number of aromatic nitrogens is 1. The van der Waals surface area contributed by atoms with E-state index < -0.39 is 15.1 Å². The van der Waals surface area contributed by atoms with Crippen LogP contribution in [0.15, 0.2) is 47.4 Å². The lowest BCUT2D eigenvalue weighted by Gasteiger charge is -2.23. The first-order chi connectivity index (χ1) is 14.8. The minimum Gasteiger partial charge on any atom is -0.376 e. The Morgan fingerprint density at radius 1 is 1.26 bits per heavy atom. The fourth-order valence-electron chi connectivity index (χ4n) is 3.46. The topological polar surface area (TPSA) is 76.6 Å². The number of hydrogen-bond acceptors (Lipinski definition) is 6. The van der Waals surface area contributed by atoms with E-state index in [9.17, 15) is 13.2 Å². The minimum atomic E-state index is -3.40. The van der Waals surface area contributed by atoms with E-state index >= 15 is 0 Å². The normalized spacial score (nSPS) is 16.8. The van der Waals surface area contributed by atoms with Crippen LogP contribution >= 0.6 is 22.9 Å². The molecule has 6 nitrogen and oxygen atoms in total. The predicted octanol–water partition coefficient (Wildman–Crippen LogP) is 4.96. The molecule has 1 saturated heterocycles. The van der Waals surface area contributed by atoms with Crippen molar-refractivity contribution >= 4 is 54.0 Å². The second-order valence-corrected chi connectivity index (χ2v) is 11.7. The smallest absolute Gasteiger partial charge is 0.260 e. The molecule has 1 aliphatic heterocycles. The zero-order chi connectivity index (χ0) is 22.2. The summed E-state index contributed by atoms with van der Waals surface area (Å²) < 4.78 is 31.4. The lowest BCUT2D eigenvalue weighted by atomic mass is 10.2. The van der Waals surface area contributed by atoms with E-state index in [2.05, 4.69) is 4.98 Å². The zero-order valence-electron chi connectivity index (χ0n) is 17.2. The molecule has 1 unspecified atom stereocenters. The highest BCUT2D eigenvalue weighted by atomic mass is 35.5. The molecule has 9 heteroatoms. The van der Waals surface area contributed by atoms with Gasteiger partial charge in [0.2, 0.25) is 0 Å². The number of thiazole rings is 1. The van der Waals surface area contributed by atoms with Crippen LogP contribution in [0.1, 0.15) is 37.0 Å². The number of sulfone groups is 1. The largest absolute Gasteiger partial charge is 0.376 e. The lowest BCUT2D eigenvalue weighted by molar-refractivity contribution is 0.0917. The Bertz CT molecular complexity index is 1200. The molecule has 0 spiro atoms. The summed E-state index contributed by atoms with van der Waals surface area (Å²) in [6, 6.07) is 11.5. The van der Waals surface area contributed by atoms with Gasteiger partial charge in [-0.3, -0.25) is 9.69 Å². The van der Waals surface area contributed by atoms with Crippen LogP contribution in [-0.2, 0) is 14.6 Å². The van der Waals surface area contributed by atoms with Crippen LogP contribution in [0.5, 0.6) is 0 Å². The van der Waals surface area contributed by atoms with Gasteiger partial charge in [0.15, 0.2) is 15.0 Å². The number of fused-ring (bicyclic) bond motifs is 1. The molecule has 0 aliphatic carbocycles. The fourth-order valence-corrected chi connectivity index (χ4v) is 5.77. The molecule has 164 valence electrons. The second kappa shape index (κ2) is 8.86. The first kappa shape index (κ1) is 22.2. The summed E-state index contributed by atoms with van der Waals surface area (Å²) in [5, 5.41) is 0.651. The number of anilines is 1. The van der Waals surface area contributed by atoms with Crippen LogP contribution in [0, 0.1) is 0 Å². The van der Waals surface area contributed by atoms with Crippen molar-refractivity contribution in [2.75, 3.05) is 18.1 Å². The molecule has 3 aromatic rings. The number of ether oxygens (including phenoxy) is 1. The van der Waals surface area contributed by atoms with Crippen LogP contribution in [-0.4, -0.2) is 43.8 Å². The Morgan fingerprint density at radius 3 is 2.65 bits per heavy atom. The number of amides is 1. The summed E-state index contributed by atoms with van der Waals surface area (Å²) in [6.45, 7) is 4.34. The number of hydrogen-bond donors (Lipinski definition) is 0. The van der Waals surface area contributed by atoms with Crippen molar-refractivity contribution in [3.05, 3.63) is 53.1 Å². The van der Waals surface area contributed by atoms with E-state index in [1.165, 1.54) is 23.5 Å². The third kappa shape index (κ3) is 4.62. The van der Waals surface area contributed by atoms with Crippen molar-refractivity contribution in [3.63, 3.8) is 0 Å². The van der Waals surface area contributed by atoms with Gasteiger partial charge >= 0.3 is 0 Å². The number of halogens is 1. The van der Waals surface area contributed by atoms with Crippen LogP contribution in [0.25, 0.3) is 10.2 Å². The molecule has 1 aromatic heterocycles. The van der Waals surface area contributed by atoms with E-state index in [0.29, 0.717) is 28.9 Å². The molecule has 0 bridgehead atoms. The summed E-state index contributed by atoms with van der Waals surface area (Å²) in [5.41, 5.74) is 1.17. The molecule has 0 saturated carbocycles. The van der Waals surface area contributed by atoms with Gasteiger partial charge in [-0.1, -0.05) is 22.9 Å². The van der Waals surface area contributed by atoms with E-state index in [1.807, 2.05) is 12.1 Å². The van der Waals surface area contributed by atoms with Crippen LogP contribution in [0.3, 0.4) is 0 Å². The first-order valence-electron chi connectivity index (χ1n) is 10.1. The molecular formula is C22H23ClN2O4S2. The standard InChI is InChI=1S/C22H23ClN2O4S2/c1-14(2)31(27,28)18-8-5-15(6-9-18)21(26)25(13-17-4-3-11-29-17)22-24-19-10-7-16(23)12-20(19)30-22/h5-10,12,14,17H,3-4,11,13H2,1-2H3. The number of nitrogens with zero attached hydrogens (tertiary/aromatic N) is 2. The molecule has 0 N–H and O–H groups in total. The highest BCUT2D eigenvalue weighted by molar-refractivity contribution is 7.92. The molecule has 1 fully saturated rings. The molecular weight excluding hydrogens is 456 g/mol. The molecule has 31 heavy (non-hydrogen) atoms. The maximum absolute atomic E-state index is 13.4. The van der Waals surface area contributed by atoms with Crippen LogP contribution < -0.4 is 4.90 Å². The van der Waals surface area contributed by atoms with Crippen molar-refractivity contribution in [1.82, 2.24) is 4.98 Å². The quantitative estimate of drug-likeness (QED) is 0.500. The predicted molar refractivity (Wildman–Crippen MR) is 124 cm³/mol. The summed E-state index contributed by atoms with van der Waals surface area (Å²) >= 11 is 7.50. The molecule has 2 aromatic carbocycles. The maximum Gasteiger partial charge on any atom is 0.260 e. The highest BCUT2D eigenvalue weighted by Gasteiger charge is 2.28. The van der Waals surface area contributed by atoms with Crippen molar-refractivity contribution in [2.24, 2.45) is 0 Å². The summed E-state index contributed by atoms with van der Waals surface area (Å²) in [4.78, 5) is 19.9. The van der Waals surface area contributed by atoms with Gasteiger partial charge in [0.25, 0.3) is 5.91 Å². The van der Waals surface area contributed by atoms with E-state index in [0.717, 1.165) is 23.1 Å². The molecule has 4 rings (SSSR count). The average Bonchev–Trinajstić information content (AvgIpc) is 3.40. The van der Waals surface area contributed by atoms with E-state index in [1.54, 1.807) is 36.9 Å². The average molecular weight is 479 g/mol. The molecule has 0 radical (unpaired) electrons. The number of carbonyl (C=O) groups is 1. The molecule has 1 aliphatic rings. The molecule has 2 heterocycles.